The number of carbonyl (C=O) groups excluding carboxylic acids is 1. The molecule has 0 aliphatic carbocycles. The summed E-state index contributed by atoms with van der Waals surface area (Å²) < 4.78 is 7.51. The molecule has 0 spiro atoms. The Morgan fingerprint density at radius 3 is 2.76 bits per heavy atom. The Bertz CT molecular complexity index is 1010. The molecule has 4 rings (SSSR count). The van der Waals surface area contributed by atoms with Crippen LogP contribution in [0, 0.1) is 0 Å². The average Bonchev–Trinajstić information content (AvgIpc) is 3.38. The zero-order chi connectivity index (χ0) is 20.2. The van der Waals surface area contributed by atoms with Gasteiger partial charge in [0, 0.05) is 38.9 Å². The van der Waals surface area contributed by atoms with Crippen LogP contribution in [0.4, 0.5) is 5.69 Å². The van der Waals surface area contributed by atoms with Crippen LogP contribution < -0.4 is 10.2 Å². The molecule has 0 unspecified atom stereocenters. The number of carbonyl (C=O) groups is 1. The lowest BCUT2D eigenvalue weighted by Crippen LogP contribution is -2.55. The maximum atomic E-state index is 12.6. The van der Waals surface area contributed by atoms with E-state index in [2.05, 4.69) is 20.4 Å². The summed E-state index contributed by atoms with van der Waals surface area (Å²) in [7, 11) is 3.53. The normalized spacial score (nSPS) is 15.1. The predicted octanol–water partition coefficient (Wildman–Crippen LogP) is 1.50. The highest BCUT2D eigenvalue weighted by molar-refractivity contribution is 5.98. The summed E-state index contributed by atoms with van der Waals surface area (Å²) >= 11 is 0. The number of hydrogen-bond donors (Lipinski definition) is 1. The molecule has 9 heteroatoms. The van der Waals surface area contributed by atoms with Crippen molar-refractivity contribution in [3.05, 3.63) is 54.8 Å². The molecule has 0 bridgehead atoms. The van der Waals surface area contributed by atoms with E-state index in [9.17, 15) is 4.79 Å². The lowest BCUT2D eigenvalue weighted by atomic mass is 10.2. The van der Waals surface area contributed by atoms with Crippen LogP contribution in [0.25, 0.3) is 11.3 Å². The zero-order valence-electron chi connectivity index (χ0n) is 16.4. The van der Waals surface area contributed by atoms with Gasteiger partial charge in [-0.25, -0.2) is 4.98 Å². The number of guanidine groups is 1. The van der Waals surface area contributed by atoms with Crippen LogP contribution in [0.5, 0.6) is 0 Å². The standard InChI is InChI=1S/C20H23N7O2/c1-21-20(23-12-18-22-11-17(29-18)15-6-4-3-5-7-15)26-8-9-27(19(28)14-26)16-10-24-25(2)13-16/h3-7,10-11,13H,8-9,12,14H2,1-2H3,(H,21,23). The average molecular weight is 393 g/mol. The third kappa shape index (κ3) is 4.13. The van der Waals surface area contributed by atoms with Gasteiger partial charge in [-0.2, -0.15) is 5.10 Å². The molecule has 1 aliphatic heterocycles. The van der Waals surface area contributed by atoms with Crippen molar-refractivity contribution in [3.63, 3.8) is 0 Å². The van der Waals surface area contributed by atoms with E-state index in [1.165, 1.54) is 0 Å². The van der Waals surface area contributed by atoms with Crippen LogP contribution in [-0.2, 0) is 18.4 Å². The highest BCUT2D eigenvalue weighted by Gasteiger charge is 2.27. The SMILES string of the molecule is CN=C(NCc1ncc(-c2ccccc2)o1)N1CCN(c2cnn(C)c2)C(=O)C1. The molecule has 2 aromatic heterocycles. The molecule has 9 nitrogen and oxygen atoms in total. The second kappa shape index (κ2) is 8.17. The first-order valence-corrected chi connectivity index (χ1v) is 9.39. The lowest BCUT2D eigenvalue weighted by molar-refractivity contribution is -0.120. The van der Waals surface area contributed by atoms with E-state index in [1.54, 1.807) is 29.0 Å². The van der Waals surface area contributed by atoms with E-state index < -0.39 is 0 Å². The fourth-order valence-electron chi connectivity index (χ4n) is 3.29. The molecule has 1 amide bonds. The second-order valence-electron chi connectivity index (χ2n) is 6.72. The molecule has 150 valence electrons. The van der Waals surface area contributed by atoms with Gasteiger partial charge in [0.25, 0.3) is 0 Å². The minimum absolute atomic E-state index is 0.00897. The molecule has 29 heavy (non-hydrogen) atoms. The zero-order valence-corrected chi connectivity index (χ0v) is 16.4. The highest BCUT2D eigenvalue weighted by Crippen LogP contribution is 2.20. The maximum absolute atomic E-state index is 12.6. The number of hydrogen-bond acceptors (Lipinski definition) is 5. The number of piperazine rings is 1. The number of nitrogens with zero attached hydrogens (tertiary/aromatic N) is 6. The van der Waals surface area contributed by atoms with Gasteiger partial charge in [0.1, 0.15) is 6.54 Å². The number of amides is 1. The van der Waals surface area contributed by atoms with Gasteiger partial charge < -0.3 is 19.5 Å². The van der Waals surface area contributed by atoms with Gasteiger partial charge >= 0.3 is 0 Å². The summed E-state index contributed by atoms with van der Waals surface area (Å²) in [4.78, 5) is 24.9. The number of aliphatic imine (C=N–C) groups is 1. The Morgan fingerprint density at radius 2 is 2.07 bits per heavy atom. The summed E-state index contributed by atoms with van der Waals surface area (Å²) in [5, 5.41) is 7.37. The summed E-state index contributed by atoms with van der Waals surface area (Å²) in [6, 6.07) is 9.83. The Hall–Kier alpha value is -3.62. The maximum Gasteiger partial charge on any atom is 0.246 e. The van der Waals surface area contributed by atoms with Crippen molar-refractivity contribution >= 4 is 17.6 Å². The molecule has 1 aromatic carbocycles. The summed E-state index contributed by atoms with van der Waals surface area (Å²) in [5.74, 6) is 1.93. The number of oxazole rings is 1. The molecule has 1 saturated heterocycles. The van der Waals surface area contributed by atoms with E-state index in [1.807, 2.05) is 48.5 Å². The summed E-state index contributed by atoms with van der Waals surface area (Å²) in [6.07, 6.45) is 5.26. The van der Waals surface area contributed by atoms with E-state index in [0.717, 1.165) is 17.0 Å². The Morgan fingerprint density at radius 1 is 1.24 bits per heavy atom. The number of rotatable bonds is 4. The third-order valence-electron chi connectivity index (χ3n) is 4.74. The smallest absolute Gasteiger partial charge is 0.246 e. The van der Waals surface area contributed by atoms with Crippen LogP contribution in [-0.4, -0.2) is 58.2 Å². The van der Waals surface area contributed by atoms with Gasteiger partial charge in [-0.05, 0) is 0 Å². The first kappa shape index (κ1) is 18.7. The second-order valence-corrected chi connectivity index (χ2v) is 6.72. The molecule has 0 radical (unpaired) electrons. The Kier molecular flexibility index (Phi) is 5.28. The summed E-state index contributed by atoms with van der Waals surface area (Å²) in [6.45, 7) is 1.87. The van der Waals surface area contributed by atoms with Crippen LogP contribution >= 0.6 is 0 Å². The third-order valence-corrected chi connectivity index (χ3v) is 4.74. The Balaban J connectivity index is 1.36. The minimum Gasteiger partial charge on any atom is -0.439 e. The quantitative estimate of drug-likeness (QED) is 0.534. The van der Waals surface area contributed by atoms with E-state index in [-0.39, 0.29) is 12.5 Å². The molecule has 1 N–H and O–H groups in total. The number of aromatic nitrogens is 3. The largest absolute Gasteiger partial charge is 0.439 e. The summed E-state index contributed by atoms with van der Waals surface area (Å²) in [5.41, 5.74) is 1.79. The highest BCUT2D eigenvalue weighted by atomic mass is 16.4. The molecule has 1 aliphatic rings. The molecular formula is C20H23N7O2. The van der Waals surface area contributed by atoms with Gasteiger partial charge in [0.2, 0.25) is 11.8 Å². The number of aryl methyl sites for hydroxylation is 1. The lowest BCUT2D eigenvalue weighted by Gasteiger charge is -2.35. The van der Waals surface area contributed by atoms with E-state index in [0.29, 0.717) is 31.5 Å². The van der Waals surface area contributed by atoms with Crippen molar-refractivity contribution in [2.45, 2.75) is 6.54 Å². The van der Waals surface area contributed by atoms with Gasteiger partial charge in [0.15, 0.2) is 11.7 Å². The Labute approximate surface area is 168 Å². The molecule has 3 heterocycles. The molecule has 3 aromatic rings. The molecule has 1 fully saturated rings. The predicted molar refractivity (Wildman–Crippen MR) is 109 cm³/mol. The van der Waals surface area contributed by atoms with Crippen LogP contribution in [0.15, 0.2) is 58.3 Å². The van der Waals surface area contributed by atoms with Crippen LogP contribution in [0.1, 0.15) is 5.89 Å². The van der Waals surface area contributed by atoms with Gasteiger partial charge in [0.05, 0.1) is 24.6 Å². The molecule has 0 atom stereocenters. The topological polar surface area (TPSA) is 91.8 Å². The molecular weight excluding hydrogens is 370 g/mol. The van der Waals surface area contributed by atoms with Crippen LogP contribution in [0.3, 0.4) is 0 Å². The number of nitrogens with one attached hydrogen (secondary N) is 1. The molecule has 0 saturated carbocycles. The van der Waals surface area contributed by atoms with Gasteiger partial charge in [-0.15, -0.1) is 0 Å². The first-order valence-electron chi connectivity index (χ1n) is 9.39. The van der Waals surface area contributed by atoms with Crippen molar-refractivity contribution in [1.82, 2.24) is 25.0 Å². The number of anilines is 1. The van der Waals surface area contributed by atoms with E-state index >= 15 is 0 Å². The fraction of sp³-hybridized carbons (Fsp3) is 0.300. The van der Waals surface area contributed by atoms with Crippen LogP contribution in [0.2, 0.25) is 0 Å². The van der Waals surface area contributed by atoms with Gasteiger partial charge in [-0.1, -0.05) is 30.3 Å². The van der Waals surface area contributed by atoms with Crippen molar-refractivity contribution in [1.29, 1.82) is 0 Å². The van der Waals surface area contributed by atoms with Gasteiger partial charge in [-0.3, -0.25) is 14.5 Å². The monoisotopic (exact) mass is 393 g/mol. The van der Waals surface area contributed by atoms with Crippen molar-refractivity contribution in [3.8, 4) is 11.3 Å². The number of benzene rings is 1. The van der Waals surface area contributed by atoms with Crippen molar-refractivity contribution in [2.24, 2.45) is 12.0 Å². The minimum atomic E-state index is 0.00897. The fourth-order valence-corrected chi connectivity index (χ4v) is 3.29. The van der Waals surface area contributed by atoms with Crippen molar-refractivity contribution < 1.29 is 9.21 Å². The van der Waals surface area contributed by atoms with Crippen molar-refractivity contribution in [2.75, 3.05) is 31.6 Å². The van der Waals surface area contributed by atoms with E-state index in [4.69, 9.17) is 4.42 Å². The first-order chi connectivity index (χ1) is 14.1.